The van der Waals surface area contributed by atoms with Crippen LogP contribution in [0.5, 0.6) is 5.75 Å². The second-order valence-electron chi connectivity index (χ2n) is 4.51. The van der Waals surface area contributed by atoms with Crippen LogP contribution in [0, 0.1) is 0 Å². The minimum absolute atomic E-state index is 0.255. The van der Waals surface area contributed by atoms with Crippen LogP contribution in [-0.2, 0) is 6.54 Å². The van der Waals surface area contributed by atoms with Crippen LogP contribution in [0.1, 0.15) is 24.1 Å². The normalized spacial score (nSPS) is 12.2. The Kier molecular flexibility index (Phi) is 4.83. The van der Waals surface area contributed by atoms with Gasteiger partial charge >= 0.3 is 0 Å². The first-order valence-electron chi connectivity index (χ1n) is 6.31. The Morgan fingerprint density at radius 2 is 1.95 bits per heavy atom. The Bertz CT molecular complexity index is 542. The SMILES string of the molecule is COc1cccc(CN[C@H](C)c2cccc(Cl)c2)c1. The van der Waals surface area contributed by atoms with Gasteiger partial charge in [0.05, 0.1) is 7.11 Å². The van der Waals surface area contributed by atoms with E-state index in [4.69, 9.17) is 16.3 Å². The van der Waals surface area contributed by atoms with Crippen molar-refractivity contribution in [2.75, 3.05) is 7.11 Å². The highest BCUT2D eigenvalue weighted by atomic mass is 35.5. The number of halogens is 1. The summed E-state index contributed by atoms with van der Waals surface area (Å²) in [6, 6.07) is 16.3. The molecule has 3 heteroatoms. The van der Waals surface area contributed by atoms with Crippen LogP contribution >= 0.6 is 11.6 Å². The highest BCUT2D eigenvalue weighted by Gasteiger charge is 2.05. The fourth-order valence-electron chi connectivity index (χ4n) is 1.95. The Balaban J connectivity index is 1.98. The van der Waals surface area contributed by atoms with Crippen LogP contribution in [0.2, 0.25) is 5.02 Å². The van der Waals surface area contributed by atoms with E-state index in [0.29, 0.717) is 0 Å². The second-order valence-corrected chi connectivity index (χ2v) is 4.95. The van der Waals surface area contributed by atoms with Crippen LogP contribution in [0.3, 0.4) is 0 Å². The van der Waals surface area contributed by atoms with Crippen LogP contribution in [-0.4, -0.2) is 7.11 Å². The van der Waals surface area contributed by atoms with E-state index in [1.54, 1.807) is 7.11 Å². The molecule has 0 aliphatic rings. The van der Waals surface area contributed by atoms with Gasteiger partial charge in [0.15, 0.2) is 0 Å². The van der Waals surface area contributed by atoms with E-state index in [2.05, 4.69) is 24.4 Å². The van der Waals surface area contributed by atoms with Crippen molar-refractivity contribution in [2.24, 2.45) is 0 Å². The third-order valence-corrected chi connectivity index (χ3v) is 3.33. The Hall–Kier alpha value is -1.51. The van der Waals surface area contributed by atoms with Gasteiger partial charge in [0.2, 0.25) is 0 Å². The molecule has 2 nitrogen and oxygen atoms in total. The van der Waals surface area contributed by atoms with Gasteiger partial charge in [0, 0.05) is 17.6 Å². The van der Waals surface area contributed by atoms with Crippen molar-refractivity contribution < 1.29 is 4.74 Å². The third-order valence-electron chi connectivity index (χ3n) is 3.10. The fourth-order valence-corrected chi connectivity index (χ4v) is 2.15. The van der Waals surface area contributed by atoms with Gasteiger partial charge in [-0.2, -0.15) is 0 Å². The first kappa shape index (κ1) is 13.9. The lowest BCUT2D eigenvalue weighted by Gasteiger charge is -2.15. The third kappa shape index (κ3) is 3.98. The lowest BCUT2D eigenvalue weighted by molar-refractivity contribution is 0.414. The predicted octanol–water partition coefficient (Wildman–Crippen LogP) is 4.20. The standard InChI is InChI=1S/C16H18ClNO/c1-12(14-6-4-7-15(17)10-14)18-11-13-5-3-8-16(9-13)19-2/h3-10,12,18H,11H2,1-2H3/t12-/m1/s1. The van der Waals surface area contributed by atoms with Gasteiger partial charge in [-0.25, -0.2) is 0 Å². The van der Waals surface area contributed by atoms with Crippen LogP contribution < -0.4 is 10.1 Å². The molecule has 0 aliphatic carbocycles. The molecule has 0 saturated heterocycles. The van der Waals surface area contributed by atoms with Gasteiger partial charge in [-0.05, 0) is 42.3 Å². The molecule has 0 spiro atoms. The molecular weight excluding hydrogens is 258 g/mol. The van der Waals surface area contributed by atoms with Crippen molar-refractivity contribution in [2.45, 2.75) is 19.5 Å². The molecule has 0 heterocycles. The summed E-state index contributed by atoms with van der Waals surface area (Å²) >= 11 is 6.00. The molecule has 0 bridgehead atoms. The maximum absolute atomic E-state index is 6.00. The van der Waals surface area contributed by atoms with Gasteiger partial charge in [0.25, 0.3) is 0 Å². The molecule has 2 aromatic rings. The number of rotatable bonds is 5. The fraction of sp³-hybridized carbons (Fsp3) is 0.250. The van der Waals surface area contributed by atoms with Gasteiger partial charge in [-0.1, -0.05) is 35.9 Å². The maximum Gasteiger partial charge on any atom is 0.119 e. The summed E-state index contributed by atoms with van der Waals surface area (Å²) in [5.41, 5.74) is 2.39. The van der Waals surface area contributed by atoms with Crippen molar-refractivity contribution >= 4 is 11.6 Å². The Morgan fingerprint density at radius 1 is 1.16 bits per heavy atom. The van der Waals surface area contributed by atoms with Crippen molar-refractivity contribution in [3.05, 3.63) is 64.7 Å². The van der Waals surface area contributed by atoms with Crippen molar-refractivity contribution in [3.63, 3.8) is 0 Å². The molecule has 0 aliphatic heterocycles. The zero-order valence-corrected chi connectivity index (χ0v) is 11.9. The molecule has 0 aromatic heterocycles. The van der Waals surface area contributed by atoms with Gasteiger partial charge < -0.3 is 10.1 Å². The van der Waals surface area contributed by atoms with Gasteiger partial charge in [-0.3, -0.25) is 0 Å². The van der Waals surface area contributed by atoms with E-state index < -0.39 is 0 Å². The highest BCUT2D eigenvalue weighted by molar-refractivity contribution is 6.30. The number of hydrogen-bond donors (Lipinski definition) is 1. The Labute approximate surface area is 119 Å². The summed E-state index contributed by atoms with van der Waals surface area (Å²) < 4.78 is 5.22. The van der Waals surface area contributed by atoms with Crippen molar-refractivity contribution in [1.82, 2.24) is 5.32 Å². The lowest BCUT2D eigenvalue weighted by atomic mass is 10.1. The first-order chi connectivity index (χ1) is 9.19. The van der Waals surface area contributed by atoms with E-state index >= 15 is 0 Å². The molecule has 0 unspecified atom stereocenters. The van der Waals surface area contributed by atoms with Gasteiger partial charge in [0.1, 0.15) is 5.75 Å². The predicted molar refractivity (Wildman–Crippen MR) is 79.7 cm³/mol. The van der Waals surface area contributed by atoms with Crippen LogP contribution in [0.15, 0.2) is 48.5 Å². The minimum atomic E-state index is 0.255. The molecule has 2 aromatic carbocycles. The molecule has 19 heavy (non-hydrogen) atoms. The first-order valence-corrected chi connectivity index (χ1v) is 6.68. The number of nitrogens with one attached hydrogen (secondary N) is 1. The summed E-state index contributed by atoms with van der Waals surface area (Å²) in [5.74, 6) is 0.884. The summed E-state index contributed by atoms with van der Waals surface area (Å²) in [6.45, 7) is 2.93. The number of ether oxygens (including phenoxy) is 1. The quantitative estimate of drug-likeness (QED) is 0.883. The zero-order valence-electron chi connectivity index (χ0n) is 11.2. The highest BCUT2D eigenvalue weighted by Crippen LogP contribution is 2.18. The molecule has 1 atom stereocenters. The molecule has 100 valence electrons. The van der Waals surface area contributed by atoms with E-state index in [9.17, 15) is 0 Å². The van der Waals surface area contributed by atoms with Gasteiger partial charge in [-0.15, -0.1) is 0 Å². The van der Waals surface area contributed by atoms with E-state index in [0.717, 1.165) is 17.3 Å². The summed E-state index contributed by atoms with van der Waals surface area (Å²) in [5, 5.41) is 4.25. The van der Waals surface area contributed by atoms with E-state index in [-0.39, 0.29) is 6.04 Å². The lowest BCUT2D eigenvalue weighted by Crippen LogP contribution is -2.18. The van der Waals surface area contributed by atoms with E-state index in [1.165, 1.54) is 11.1 Å². The zero-order chi connectivity index (χ0) is 13.7. The summed E-state index contributed by atoms with van der Waals surface area (Å²) in [4.78, 5) is 0. The molecule has 0 radical (unpaired) electrons. The number of benzene rings is 2. The smallest absolute Gasteiger partial charge is 0.119 e. The molecular formula is C16H18ClNO. The Morgan fingerprint density at radius 3 is 2.68 bits per heavy atom. The second kappa shape index (κ2) is 6.60. The number of hydrogen-bond acceptors (Lipinski definition) is 2. The minimum Gasteiger partial charge on any atom is -0.497 e. The monoisotopic (exact) mass is 275 g/mol. The summed E-state index contributed by atoms with van der Waals surface area (Å²) in [6.07, 6.45) is 0. The average molecular weight is 276 g/mol. The van der Waals surface area contributed by atoms with Crippen molar-refractivity contribution in [3.8, 4) is 5.75 Å². The molecule has 0 saturated carbocycles. The van der Waals surface area contributed by atoms with E-state index in [1.807, 2.05) is 36.4 Å². The molecule has 0 fully saturated rings. The topological polar surface area (TPSA) is 21.3 Å². The summed E-state index contributed by atoms with van der Waals surface area (Å²) in [7, 11) is 1.68. The molecule has 1 N–H and O–H groups in total. The largest absolute Gasteiger partial charge is 0.497 e. The molecule has 2 rings (SSSR count). The maximum atomic E-state index is 6.00. The van der Waals surface area contributed by atoms with Crippen LogP contribution in [0.4, 0.5) is 0 Å². The number of methoxy groups -OCH3 is 1. The van der Waals surface area contributed by atoms with Crippen LogP contribution in [0.25, 0.3) is 0 Å². The molecule has 0 amide bonds. The average Bonchev–Trinajstić information content (AvgIpc) is 2.45. The van der Waals surface area contributed by atoms with Crippen molar-refractivity contribution in [1.29, 1.82) is 0 Å².